The second-order valence-corrected chi connectivity index (χ2v) is 7.90. The average molecular weight is 306 g/mol. The van der Waals surface area contributed by atoms with Crippen LogP contribution in [0, 0.1) is 17.8 Å². The molecule has 1 aliphatic heterocycles. The number of carbonyl (C=O) groups is 2. The summed E-state index contributed by atoms with van der Waals surface area (Å²) in [5.41, 5.74) is 0. The lowest BCUT2D eigenvalue weighted by Gasteiger charge is -2.33. The van der Waals surface area contributed by atoms with Crippen molar-refractivity contribution in [3.05, 3.63) is 0 Å². The molecule has 4 nitrogen and oxygen atoms in total. The number of hydrogen-bond acceptors (Lipinski definition) is 2. The smallest absolute Gasteiger partial charge is 0.225 e. The minimum Gasteiger partial charge on any atom is -0.353 e. The molecule has 22 heavy (non-hydrogen) atoms. The summed E-state index contributed by atoms with van der Waals surface area (Å²) in [7, 11) is 0. The first kappa shape index (κ1) is 15.8. The van der Waals surface area contributed by atoms with Crippen molar-refractivity contribution < 1.29 is 9.59 Å². The van der Waals surface area contributed by atoms with Crippen molar-refractivity contribution in [2.45, 2.75) is 77.3 Å². The zero-order valence-corrected chi connectivity index (χ0v) is 14.0. The zero-order valence-electron chi connectivity index (χ0n) is 14.0. The molecule has 3 rings (SSSR count). The number of carbonyl (C=O) groups excluding carboxylic acids is 2. The summed E-state index contributed by atoms with van der Waals surface area (Å²) in [4.78, 5) is 26.8. The molecule has 3 fully saturated rings. The normalized spacial score (nSPS) is 36.8. The van der Waals surface area contributed by atoms with Crippen LogP contribution in [-0.4, -0.2) is 35.3 Å². The van der Waals surface area contributed by atoms with Crippen molar-refractivity contribution in [3.63, 3.8) is 0 Å². The van der Waals surface area contributed by atoms with Crippen molar-refractivity contribution >= 4 is 11.8 Å². The minimum absolute atomic E-state index is 0.111. The molecule has 2 saturated carbocycles. The van der Waals surface area contributed by atoms with E-state index < -0.39 is 0 Å². The van der Waals surface area contributed by atoms with Crippen LogP contribution in [0.2, 0.25) is 0 Å². The fraction of sp³-hybridized carbons (Fsp3) is 0.889. The molecule has 124 valence electrons. The van der Waals surface area contributed by atoms with Crippen LogP contribution in [0.15, 0.2) is 0 Å². The Morgan fingerprint density at radius 1 is 1.14 bits per heavy atom. The van der Waals surface area contributed by atoms with Crippen LogP contribution in [0.25, 0.3) is 0 Å². The zero-order chi connectivity index (χ0) is 15.7. The third-order valence-electron chi connectivity index (χ3n) is 6.05. The van der Waals surface area contributed by atoms with Gasteiger partial charge in [-0.05, 0) is 43.9 Å². The number of amides is 2. The molecule has 2 amide bonds. The van der Waals surface area contributed by atoms with Gasteiger partial charge in [-0.1, -0.05) is 26.7 Å². The molecule has 0 aromatic heterocycles. The molecule has 4 heteroatoms. The summed E-state index contributed by atoms with van der Waals surface area (Å²) >= 11 is 0. The number of likely N-dealkylation sites (tertiary alicyclic amines) is 1. The molecule has 0 unspecified atom stereocenters. The van der Waals surface area contributed by atoms with Crippen molar-refractivity contribution in [3.8, 4) is 0 Å². The lowest BCUT2D eigenvalue weighted by Crippen LogP contribution is -2.45. The molecule has 0 bridgehead atoms. The number of rotatable bonds is 3. The maximum atomic E-state index is 12.6. The average Bonchev–Trinajstić information content (AvgIpc) is 3.10. The van der Waals surface area contributed by atoms with Gasteiger partial charge in [-0.15, -0.1) is 0 Å². The van der Waals surface area contributed by atoms with E-state index in [4.69, 9.17) is 0 Å². The largest absolute Gasteiger partial charge is 0.353 e. The first-order chi connectivity index (χ1) is 10.5. The van der Waals surface area contributed by atoms with Crippen LogP contribution in [-0.2, 0) is 9.59 Å². The Labute approximate surface area is 134 Å². The summed E-state index contributed by atoms with van der Waals surface area (Å²) in [6, 6.07) is 0.707. The van der Waals surface area contributed by atoms with Gasteiger partial charge in [0.25, 0.3) is 0 Å². The number of nitrogens with zero attached hydrogens (tertiary/aromatic N) is 1. The molecule has 0 aromatic carbocycles. The first-order valence-corrected chi connectivity index (χ1v) is 9.14. The van der Waals surface area contributed by atoms with E-state index in [-0.39, 0.29) is 17.7 Å². The highest BCUT2D eigenvalue weighted by Gasteiger charge is 2.39. The van der Waals surface area contributed by atoms with Crippen molar-refractivity contribution in [2.24, 2.45) is 17.8 Å². The van der Waals surface area contributed by atoms with Crippen molar-refractivity contribution in [1.82, 2.24) is 10.2 Å². The van der Waals surface area contributed by atoms with E-state index in [0.717, 1.165) is 25.2 Å². The molecule has 1 saturated heterocycles. The predicted octanol–water partition coefficient (Wildman–Crippen LogP) is 2.72. The highest BCUT2D eigenvalue weighted by molar-refractivity contribution is 5.89. The highest BCUT2D eigenvalue weighted by atomic mass is 16.2. The summed E-state index contributed by atoms with van der Waals surface area (Å²) < 4.78 is 0. The van der Waals surface area contributed by atoms with E-state index in [9.17, 15) is 9.59 Å². The van der Waals surface area contributed by atoms with Gasteiger partial charge in [-0.2, -0.15) is 0 Å². The van der Waals surface area contributed by atoms with Gasteiger partial charge in [-0.25, -0.2) is 0 Å². The summed E-state index contributed by atoms with van der Waals surface area (Å²) in [6.07, 6.45) is 8.60. The predicted molar refractivity (Wildman–Crippen MR) is 86.2 cm³/mol. The van der Waals surface area contributed by atoms with Gasteiger partial charge >= 0.3 is 0 Å². The SMILES string of the molecule is C[C@@H]1CC[C@H](NC(=O)[C@H]2CC(=O)N(C3CCCC3)C2)[C@H](C)C1. The monoisotopic (exact) mass is 306 g/mol. The number of hydrogen-bond donors (Lipinski definition) is 1. The molecule has 1 N–H and O–H groups in total. The van der Waals surface area contributed by atoms with Gasteiger partial charge in [0.2, 0.25) is 11.8 Å². The van der Waals surface area contributed by atoms with E-state index in [2.05, 4.69) is 19.2 Å². The molecule has 0 radical (unpaired) electrons. The Hall–Kier alpha value is -1.06. The van der Waals surface area contributed by atoms with Crippen LogP contribution in [0.1, 0.15) is 65.2 Å². The standard InChI is InChI=1S/C18H30N2O2/c1-12-7-8-16(13(2)9-12)19-18(22)14-10-17(21)20(11-14)15-5-3-4-6-15/h12-16H,3-11H2,1-2H3,(H,19,22)/t12-,13-,14+,16+/m1/s1. The molecule has 3 aliphatic rings. The number of nitrogens with one attached hydrogen (secondary N) is 1. The van der Waals surface area contributed by atoms with E-state index in [1.165, 1.54) is 25.7 Å². The first-order valence-electron chi connectivity index (χ1n) is 9.14. The minimum atomic E-state index is -0.125. The van der Waals surface area contributed by atoms with Gasteiger partial charge in [0.15, 0.2) is 0 Å². The molecular formula is C18H30N2O2. The Morgan fingerprint density at radius 2 is 1.86 bits per heavy atom. The maximum absolute atomic E-state index is 12.6. The van der Waals surface area contributed by atoms with Crippen LogP contribution < -0.4 is 5.32 Å². The molecular weight excluding hydrogens is 276 g/mol. The van der Waals surface area contributed by atoms with Crippen molar-refractivity contribution in [2.75, 3.05) is 6.54 Å². The molecule has 0 spiro atoms. The van der Waals surface area contributed by atoms with Gasteiger partial charge in [-0.3, -0.25) is 9.59 Å². The Kier molecular flexibility index (Phi) is 4.74. The van der Waals surface area contributed by atoms with Gasteiger partial charge in [0, 0.05) is 25.0 Å². The maximum Gasteiger partial charge on any atom is 0.225 e. The summed E-state index contributed by atoms with van der Waals surface area (Å²) in [5, 5.41) is 3.24. The molecule has 2 aliphatic carbocycles. The topological polar surface area (TPSA) is 49.4 Å². The Balaban J connectivity index is 1.53. The van der Waals surface area contributed by atoms with Gasteiger partial charge in [0.05, 0.1) is 5.92 Å². The lowest BCUT2D eigenvalue weighted by molar-refractivity contribution is -0.130. The molecule has 4 atom stereocenters. The summed E-state index contributed by atoms with van der Waals surface area (Å²) in [6.45, 7) is 5.18. The third-order valence-corrected chi connectivity index (χ3v) is 6.05. The van der Waals surface area contributed by atoms with Crippen LogP contribution in [0.4, 0.5) is 0 Å². The van der Waals surface area contributed by atoms with Crippen LogP contribution in [0.5, 0.6) is 0 Å². The van der Waals surface area contributed by atoms with Crippen molar-refractivity contribution in [1.29, 1.82) is 0 Å². The van der Waals surface area contributed by atoms with Gasteiger partial charge < -0.3 is 10.2 Å². The van der Waals surface area contributed by atoms with E-state index in [1.54, 1.807) is 0 Å². The van der Waals surface area contributed by atoms with Crippen LogP contribution >= 0.6 is 0 Å². The fourth-order valence-electron chi connectivity index (χ4n) is 4.66. The van der Waals surface area contributed by atoms with Crippen LogP contribution in [0.3, 0.4) is 0 Å². The van der Waals surface area contributed by atoms with E-state index in [1.807, 2.05) is 4.90 Å². The summed E-state index contributed by atoms with van der Waals surface area (Å²) in [5.74, 6) is 1.50. The second kappa shape index (κ2) is 6.59. The quantitative estimate of drug-likeness (QED) is 0.871. The Morgan fingerprint density at radius 3 is 2.55 bits per heavy atom. The highest BCUT2D eigenvalue weighted by Crippen LogP contribution is 2.31. The molecule has 0 aromatic rings. The second-order valence-electron chi connectivity index (χ2n) is 7.90. The van der Waals surface area contributed by atoms with Gasteiger partial charge in [0.1, 0.15) is 0 Å². The van der Waals surface area contributed by atoms with E-state index in [0.29, 0.717) is 31.0 Å². The fourth-order valence-corrected chi connectivity index (χ4v) is 4.66. The lowest BCUT2D eigenvalue weighted by atomic mass is 9.79. The van der Waals surface area contributed by atoms with E-state index >= 15 is 0 Å². The molecule has 1 heterocycles. The Bertz CT molecular complexity index is 431. The third kappa shape index (κ3) is 3.31.